The van der Waals surface area contributed by atoms with Gasteiger partial charge in [0.05, 0.1) is 5.56 Å². The quantitative estimate of drug-likeness (QED) is 0.168. The molecule has 0 aliphatic heterocycles. The molecule has 0 aliphatic carbocycles. The van der Waals surface area contributed by atoms with E-state index in [0.29, 0.717) is 21.8 Å². The van der Waals surface area contributed by atoms with Gasteiger partial charge < -0.3 is 10.1 Å². The number of nitriles is 1. The van der Waals surface area contributed by atoms with Crippen molar-refractivity contribution < 1.29 is 14.3 Å². The van der Waals surface area contributed by atoms with Crippen molar-refractivity contribution in [1.82, 2.24) is 0 Å². The van der Waals surface area contributed by atoms with Gasteiger partial charge in [-0.05, 0) is 47.9 Å². The summed E-state index contributed by atoms with van der Waals surface area (Å²) in [4.78, 5) is 25.4. The van der Waals surface area contributed by atoms with Crippen LogP contribution in [0.15, 0.2) is 96.6 Å². The third kappa shape index (κ3) is 5.09. The molecule has 0 unspecified atom stereocenters. The summed E-state index contributed by atoms with van der Waals surface area (Å²) in [6.45, 7) is 0. The van der Waals surface area contributed by atoms with Crippen molar-refractivity contribution in [3.63, 3.8) is 0 Å². The van der Waals surface area contributed by atoms with Crippen molar-refractivity contribution in [2.45, 2.75) is 0 Å². The molecule has 0 aliphatic rings. The second-order valence-electron chi connectivity index (χ2n) is 7.08. The first-order valence-corrected chi connectivity index (χ1v) is 10.4. The topological polar surface area (TPSA) is 79.2 Å². The van der Waals surface area contributed by atoms with Gasteiger partial charge in [0.2, 0.25) is 0 Å². The largest absolute Gasteiger partial charge is 0.422 e. The summed E-state index contributed by atoms with van der Waals surface area (Å²) in [6, 6.07) is 28.1. The van der Waals surface area contributed by atoms with Gasteiger partial charge >= 0.3 is 5.97 Å². The van der Waals surface area contributed by atoms with E-state index in [9.17, 15) is 14.9 Å². The molecule has 33 heavy (non-hydrogen) atoms. The highest BCUT2D eigenvalue weighted by molar-refractivity contribution is 6.30. The second kappa shape index (κ2) is 9.82. The number of benzene rings is 4. The Balaban J connectivity index is 1.59. The summed E-state index contributed by atoms with van der Waals surface area (Å²) in [5.41, 5.74) is 1.22. The van der Waals surface area contributed by atoms with Gasteiger partial charge in [0.1, 0.15) is 17.4 Å². The van der Waals surface area contributed by atoms with Gasteiger partial charge in [-0.25, -0.2) is 4.79 Å². The van der Waals surface area contributed by atoms with Crippen LogP contribution in [-0.4, -0.2) is 11.9 Å². The normalized spacial score (nSPS) is 11.0. The number of nitrogens with one attached hydrogen (secondary N) is 1. The predicted molar refractivity (Wildman–Crippen MR) is 129 cm³/mol. The van der Waals surface area contributed by atoms with E-state index in [1.165, 1.54) is 6.08 Å². The maximum absolute atomic E-state index is 12.9. The molecule has 1 amide bonds. The summed E-state index contributed by atoms with van der Waals surface area (Å²) in [5.74, 6) is -0.915. The maximum Gasteiger partial charge on any atom is 0.343 e. The van der Waals surface area contributed by atoms with Crippen LogP contribution >= 0.6 is 11.6 Å². The molecular formula is C27H17ClN2O3. The zero-order chi connectivity index (χ0) is 23.2. The predicted octanol–water partition coefficient (Wildman–Crippen LogP) is 6.26. The molecule has 0 fully saturated rings. The Bertz CT molecular complexity index is 1410. The SMILES string of the molecule is N#C/C(=C\c1ccccc1OC(=O)c1ccc(Cl)cc1)C(=O)Nc1cccc2ccccc12. The number of esters is 1. The van der Waals surface area contributed by atoms with E-state index < -0.39 is 11.9 Å². The molecular weight excluding hydrogens is 436 g/mol. The van der Waals surface area contributed by atoms with E-state index in [2.05, 4.69) is 5.32 Å². The zero-order valence-corrected chi connectivity index (χ0v) is 18.0. The number of ether oxygens (including phenoxy) is 1. The van der Waals surface area contributed by atoms with Crippen molar-refractivity contribution >= 4 is 46.0 Å². The van der Waals surface area contributed by atoms with E-state index in [4.69, 9.17) is 16.3 Å². The number of rotatable bonds is 5. The molecule has 0 bridgehead atoms. The molecule has 0 radical (unpaired) electrons. The van der Waals surface area contributed by atoms with Crippen LogP contribution in [0.3, 0.4) is 0 Å². The fourth-order valence-corrected chi connectivity index (χ4v) is 3.39. The third-order valence-electron chi connectivity index (χ3n) is 4.90. The van der Waals surface area contributed by atoms with Crippen LogP contribution in [0.4, 0.5) is 5.69 Å². The minimum absolute atomic E-state index is 0.127. The molecule has 0 heterocycles. The maximum atomic E-state index is 12.9. The molecule has 0 spiro atoms. The monoisotopic (exact) mass is 452 g/mol. The summed E-state index contributed by atoms with van der Waals surface area (Å²) in [6.07, 6.45) is 1.39. The number of halogens is 1. The van der Waals surface area contributed by atoms with Crippen LogP contribution in [-0.2, 0) is 4.79 Å². The first kappa shape index (κ1) is 21.8. The van der Waals surface area contributed by atoms with Crippen molar-refractivity contribution in [2.75, 3.05) is 5.32 Å². The van der Waals surface area contributed by atoms with E-state index in [0.717, 1.165) is 10.8 Å². The van der Waals surface area contributed by atoms with E-state index in [-0.39, 0.29) is 11.3 Å². The molecule has 5 nitrogen and oxygen atoms in total. The van der Waals surface area contributed by atoms with Gasteiger partial charge in [0, 0.05) is 21.7 Å². The van der Waals surface area contributed by atoms with Gasteiger partial charge in [-0.1, -0.05) is 66.2 Å². The Kier molecular flexibility index (Phi) is 6.49. The summed E-state index contributed by atoms with van der Waals surface area (Å²) >= 11 is 5.87. The number of para-hydroxylation sites is 1. The number of carbonyl (C=O) groups excluding carboxylic acids is 2. The molecule has 4 aromatic carbocycles. The van der Waals surface area contributed by atoms with E-state index in [1.807, 2.05) is 42.5 Å². The minimum Gasteiger partial charge on any atom is -0.422 e. The van der Waals surface area contributed by atoms with Crippen LogP contribution < -0.4 is 10.1 Å². The summed E-state index contributed by atoms with van der Waals surface area (Å²) < 4.78 is 5.50. The number of anilines is 1. The molecule has 4 rings (SSSR count). The van der Waals surface area contributed by atoms with Gasteiger partial charge in [-0.3, -0.25) is 4.79 Å². The fraction of sp³-hybridized carbons (Fsp3) is 0. The Labute approximate surface area is 195 Å². The van der Waals surface area contributed by atoms with Gasteiger partial charge in [0.15, 0.2) is 0 Å². The van der Waals surface area contributed by atoms with Crippen LogP contribution in [0.2, 0.25) is 5.02 Å². The van der Waals surface area contributed by atoms with Crippen molar-refractivity contribution in [3.05, 3.63) is 113 Å². The van der Waals surface area contributed by atoms with Crippen LogP contribution in [0, 0.1) is 11.3 Å². The molecule has 0 aromatic heterocycles. The number of nitrogens with zero attached hydrogens (tertiary/aromatic N) is 1. The van der Waals surface area contributed by atoms with Crippen LogP contribution in [0.25, 0.3) is 16.8 Å². The third-order valence-corrected chi connectivity index (χ3v) is 5.16. The average molecular weight is 453 g/mol. The lowest BCUT2D eigenvalue weighted by atomic mass is 10.1. The average Bonchev–Trinajstić information content (AvgIpc) is 2.84. The number of hydrogen-bond acceptors (Lipinski definition) is 4. The molecule has 6 heteroatoms. The van der Waals surface area contributed by atoms with Crippen molar-refractivity contribution in [2.24, 2.45) is 0 Å². The number of carbonyl (C=O) groups is 2. The van der Waals surface area contributed by atoms with E-state index >= 15 is 0 Å². The molecule has 0 atom stereocenters. The molecule has 160 valence electrons. The lowest BCUT2D eigenvalue weighted by Gasteiger charge is -2.10. The Morgan fingerprint density at radius 3 is 2.36 bits per heavy atom. The lowest BCUT2D eigenvalue weighted by molar-refractivity contribution is -0.112. The standard InChI is InChI=1S/C27H17ClN2O3/c28-22-14-12-19(13-15-22)27(32)33-25-11-4-2-7-20(25)16-21(17-29)26(31)30-24-10-5-8-18-6-1-3-9-23(18)24/h1-16H,(H,30,31)/b21-16+. The highest BCUT2D eigenvalue weighted by Crippen LogP contribution is 2.25. The number of amides is 1. The molecule has 0 saturated carbocycles. The number of hydrogen-bond donors (Lipinski definition) is 1. The minimum atomic E-state index is -0.578. The van der Waals surface area contributed by atoms with E-state index in [1.54, 1.807) is 54.6 Å². The van der Waals surface area contributed by atoms with Crippen LogP contribution in [0.1, 0.15) is 15.9 Å². The number of fused-ring (bicyclic) bond motifs is 1. The molecule has 0 saturated heterocycles. The summed E-state index contributed by atoms with van der Waals surface area (Å²) in [5, 5.41) is 14.8. The van der Waals surface area contributed by atoms with Gasteiger partial charge in [-0.15, -0.1) is 0 Å². The smallest absolute Gasteiger partial charge is 0.343 e. The first-order valence-electron chi connectivity index (χ1n) is 10.0. The Hall–Kier alpha value is -4.40. The highest BCUT2D eigenvalue weighted by Gasteiger charge is 2.15. The van der Waals surface area contributed by atoms with Crippen molar-refractivity contribution in [1.29, 1.82) is 5.26 Å². The first-order chi connectivity index (χ1) is 16.0. The zero-order valence-electron chi connectivity index (χ0n) is 17.3. The fourth-order valence-electron chi connectivity index (χ4n) is 3.27. The molecule has 4 aromatic rings. The van der Waals surface area contributed by atoms with Gasteiger partial charge in [0.25, 0.3) is 5.91 Å². The van der Waals surface area contributed by atoms with Crippen molar-refractivity contribution in [3.8, 4) is 11.8 Å². The second-order valence-corrected chi connectivity index (χ2v) is 7.52. The lowest BCUT2D eigenvalue weighted by Crippen LogP contribution is -2.14. The molecule has 1 N–H and O–H groups in total. The Morgan fingerprint density at radius 1 is 0.879 bits per heavy atom. The van der Waals surface area contributed by atoms with Crippen LogP contribution in [0.5, 0.6) is 5.75 Å². The summed E-state index contributed by atoms with van der Waals surface area (Å²) in [7, 11) is 0. The Morgan fingerprint density at radius 2 is 1.58 bits per heavy atom. The van der Waals surface area contributed by atoms with Gasteiger partial charge in [-0.2, -0.15) is 5.26 Å². The highest BCUT2D eigenvalue weighted by atomic mass is 35.5.